The summed E-state index contributed by atoms with van der Waals surface area (Å²) in [5.74, 6) is 1.76. The fourth-order valence-corrected chi connectivity index (χ4v) is 4.10. The van der Waals surface area contributed by atoms with Gasteiger partial charge in [-0.2, -0.15) is 0 Å². The maximum absolute atomic E-state index is 12.8. The molecular formula is C20H24ClN5O2. The van der Waals surface area contributed by atoms with Crippen LogP contribution in [0, 0.1) is 5.92 Å². The fourth-order valence-electron chi connectivity index (χ4n) is 3.91. The van der Waals surface area contributed by atoms with Gasteiger partial charge in [-0.3, -0.25) is 4.79 Å². The average molecular weight is 402 g/mol. The number of rotatable bonds is 5. The third-order valence-corrected chi connectivity index (χ3v) is 5.64. The highest BCUT2D eigenvalue weighted by molar-refractivity contribution is 6.31. The van der Waals surface area contributed by atoms with Gasteiger partial charge >= 0.3 is 0 Å². The molecule has 1 aromatic heterocycles. The highest BCUT2D eigenvalue weighted by atomic mass is 35.5. The van der Waals surface area contributed by atoms with Gasteiger partial charge in [0.1, 0.15) is 24.0 Å². The first-order valence-corrected chi connectivity index (χ1v) is 10.0. The minimum absolute atomic E-state index is 0.0146. The van der Waals surface area contributed by atoms with Crippen molar-refractivity contribution in [3.8, 4) is 0 Å². The van der Waals surface area contributed by atoms with Crippen molar-refractivity contribution in [2.24, 2.45) is 5.92 Å². The second kappa shape index (κ2) is 8.32. The standard InChI is InChI=1S/C20H24ClN5O2/c21-15-4-1-5-16(9-15)26-8-6-17(20(26)28)24-18-10-19(23-13-22-18)25-7-2-3-14(11-25)12-27/h1,4-5,9-10,13-14,17,27H,2-3,6-8,11-12H2,(H,22,23,24). The van der Waals surface area contributed by atoms with E-state index in [1.165, 1.54) is 6.33 Å². The first-order chi connectivity index (χ1) is 13.6. The van der Waals surface area contributed by atoms with E-state index in [4.69, 9.17) is 11.6 Å². The van der Waals surface area contributed by atoms with E-state index in [9.17, 15) is 9.90 Å². The maximum Gasteiger partial charge on any atom is 0.249 e. The van der Waals surface area contributed by atoms with Crippen LogP contribution in [0.1, 0.15) is 19.3 Å². The maximum atomic E-state index is 12.8. The molecule has 2 fully saturated rings. The van der Waals surface area contributed by atoms with Crippen LogP contribution in [-0.2, 0) is 4.79 Å². The summed E-state index contributed by atoms with van der Waals surface area (Å²) >= 11 is 6.06. The molecule has 1 amide bonds. The monoisotopic (exact) mass is 401 g/mol. The number of aliphatic hydroxyl groups is 1. The third-order valence-electron chi connectivity index (χ3n) is 5.40. The summed E-state index contributed by atoms with van der Waals surface area (Å²) in [6.07, 6.45) is 4.29. The van der Waals surface area contributed by atoms with Crippen molar-refractivity contribution in [2.75, 3.05) is 41.4 Å². The number of carbonyl (C=O) groups excluding carboxylic acids is 1. The van der Waals surface area contributed by atoms with Gasteiger partial charge in [0, 0.05) is 43.0 Å². The van der Waals surface area contributed by atoms with E-state index in [1.807, 2.05) is 18.2 Å². The van der Waals surface area contributed by atoms with E-state index in [-0.39, 0.29) is 24.5 Å². The lowest BCUT2D eigenvalue weighted by atomic mass is 9.99. The molecule has 4 rings (SSSR count). The molecule has 2 atom stereocenters. The van der Waals surface area contributed by atoms with E-state index in [0.717, 1.165) is 37.4 Å². The summed E-state index contributed by atoms with van der Waals surface area (Å²) in [7, 11) is 0. The normalized spacial score (nSPS) is 22.6. The Bertz CT molecular complexity index is 849. The Hall–Kier alpha value is -2.38. The van der Waals surface area contributed by atoms with Crippen LogP contribution < -0.4 is 15.1 Å². The first kappa shape index (κ1) is 19.0. The van der Waals surface area contributed by atoms with Crippen LogP contribution in [0.5, 0.6) is 0 Å². The number of hydrogen-bond acceptors (Lipinski definition) is 6. The summed E-state index contributed by atoms with van der Waals surface area (Å²) in [4.78, 5) is 25.4. The van der Waals surface area contributed by atoms with Crippen LogP contribution >= 0.6 is 11.6 Å². The van der Waals surface area contributed by atoms with Gasteiger partial charge in [0.05, 0.1) is 0 Å². The molecule has 0 spiro atoms. The summed E-state index contributed by atoms with van der Waals surface area (Å²) < 4.78 is 0. The van der Waals surface area contributed by atoms with Crippen LogP contribution in [0.15, 0.2) is 36.7 Å². The molecule has 3 heterocycles. The lowest BCUT2D eigenvalue weighted by Crippen LogP contribution is -2.37. The molecule has 7 nitrogen and oxygen atoms in total. The van der Waals surface area contributed by atoms with Crippen LogP contribution in [0.4, 0.5) is 17.3 Å². The highest BCUT2D eigenvalue weighted by Crippen LogP contribution is 2.27. The molecule has 0 saturated carbocycles. The van der Waals surface area contributed by atoms with E-state index in [1.54, 1.807) is 17.0 Å². The van der Waals surface area contributed by atoms with E-state index in [0.29, 0.717) is 23.8 Å². The van der Waals surface area contributed by atoms with Crippen molar-refractivity contribution in [3.05, 3.63) is 41.7 Å². The summed E-state index contributed by atoms with van der Waals surface area (Å²) in [6, 6.07) is 8.90. The Labute approximate surface area is 169 Å². The van der Waals surface area contributed by atoms with E-state index < -0.39 is 0 Å². The molecule has 2 N–H and O–H groups in total. The Morgan fingerprint density at radius 3 is 2.93 bits per heavy atom. The van der Waals surface area contributed by atoms with Crippen LogP contribution in [0.3, 0.4) is 0 Å². The molecule has 148 valence electrons. The van der Waals surface area contributed by atoms with Crippen molar-refractivity contribution >= 4 is 34.8 Å². The number of aliphatic hydroxyl groups excluding tert-OH is 1. The average Bonchev–Trinajstić information content (AvgIpc) is 3.08. The highest BCUT2D eigenvalue weighted by Gasteiger charge is 2.33. The SMILES string of the molecule is O=C1C(Nc2cc(N3CCCC(CO)C3)ncn2)CCN1c1cccc(Cl)c1. The van der Waals surface area contributed by atoms with Gasteiger partial charge in [0.15, 0.2) is 0 Å². The Morgan fingerprint density at radius 2 is 2.11 bits per heavy atom. The number of anilines is 3. The summed E-state index contributed by atoms with van der Waals surface area (Å²) in [5, 5.41) is 13.3. The number of nitrogens with zero attached hydrogens (tertiary/aromatic N) is 4. The third kappa shape index (κ3) is 4.05. The minimum atomic E-state index is -0.326. The lowest BCUT2D eigenvalue weighted by Gasteiger charge is -2.32. The van der Waals surface area contributed by atoms with E-state index >= 15 is 0 Å². The molecule has 0 aliphatic carbocycles. The Morgan fingerprint density at radius 1 is 1.21 bits per heavy atom. The van der Waals surface area contributed by atoms with Gasteiger partial charge in [0.2, 0.25) is 5.91 Å². The number of aromatic nitrogens is 2. The van der Waals surface area contributed by atoms with Crippen LogP contribution in [-0.4, -0.2) is 53.3 Å². The molecule has 28 heavy (non-hydrogen) atoms. The van der Waals surface area contributed by atoms with Crippen molar-refractivity contribution in [3.63, 3.8) is 0 Å². The number of amides is 1. The zero-order chi connectivity index (χ0) is 19.5. The van der Waals surface area contributed by atoms with Gasteiger partial charge in [-0.15, -0.1) is 0 Å². The topological polar surface area (TPSA) is 81.6 Å². The Balaban J connectivity index is 1.44. The van der Waals surface area contributed by atoms with Crippen molar-refractivity contribution in [2.45, 2.75) is 25.3 Å². The van der Waals surface area contributed by atoms with Crippen molar-refractivity contribution < 1.29 is 9.90 Å². The molecule has 8 heteroatoms. The van der Waals surface area contributed by atoms with Crippen LogP contribution in [0.25, 0.3) is 0 Å². The fraction of sp³-hybridized carbons (Fsp3) is 0.450. The van der Waals surface area contributed by atoms with Crippen molar-refractivity contribution in [1.82, 2.24) is 9.97 Å². The molecule has 2 unspecified atom stereocenters. The smallest absolute Gasteiger partial charge is 0.249 e. The lowest BCUT2D eigenvalue weighted by molar-refractivity contribution is -0.117. The molecular weight excluding hydrogens is 378 g/mol. The van der Waals surface area contributed by atoms with Gasteiger partial charge in [0.25, 0.3) is 0 Å². The minimum Gasteiger partial charge on any atom is -0.396 e. The molecule has 2 aromatic rings. The van der Waals surface area contributed by atoms with Crippen LogP contribution in [0.2, 0.25) is 5.02 Å². The predicted octanol–water partition coefficient (Wildman–Crippen LogP) is 2.56. The van der Waals surface area contributed by atoms with Gasteiger partial charge < -0.3 is 20.2 Å². The number of nitrogens with one attached hydrogen (secondary N) is 1. The van der Waals surface area contributed by atoms with Gasteiger partial charge in [-0.1, -0.05) is 17.7 Å². The molecule has 0 radical (unpaired) electrons. The second-order valence-corrected chi connectivity index (χ2v) is 7.79. The van der Waals surface area contributed by atoms with E-state index in [2.05, 4.69) is 20.2 Å². The van der Waals surface area contributed by atoms with Gasteiger partial charge in [-0.25, -0.2) is 9.97 Å². The summed E-state index contributed by atoms with van der Waals surface area (Å²) in [6.45, 7) is 2.54. The second-order valence-electron chi connectivity index (χ2n) is 7.35. The Kier molecular flexibility index (Phi) is 5.64. The number of halogens is 1. The number of hydrogen-bond donors (Lipinski definition) is 2. The molecule has 1 aromatic carbocycles. The number of carbonyl (C=O) groups is 1. The van der Waals surface area contributed by atoms with Gasteiger partial charge in [-0.05, 0) is 43.4 Å². The van der Waals surface area contributed by atoms with Crippen molar-refractivity contribution in [1.29, 1.82) is 0 Å². The largest absolute Gasteiger partial charge is 0.396 e. The molecule has 2 aliphatic heterocycles. The first-order valence-electron chi connectivity index (χ1n) is 9.65. The number of benzene rings is 1. The predicted molar refractivity (Wildman–Crippen MR) is 110 cm³/mol. The quantitative estimate of drug-likeness (QED) is 0.801. The number of piperidine rings is 1. The zero-order valence-electron chi connectivity index (χ0n) is 15.6. The molecule has 0 bridgehead atoms. The zero-order valence-corrected chi connectivity index (χ0v) is 16.3. The summed E-state index contributed by atoms with van der Waals surface area (Å²) in [5.41, 5.74) is 0.813. The molecule has 2 saturated heterocycles. The molecule has 2 aliphatic rings.